The van der Waals surface area contributed by atoms with Crippen LogP contribution in [0.3, 0.4) is 0 Å². The molecular weight excluding hydrogens is 418 g/mol. The molecule has 0 spiro atoms. The first-order valence-electron chi connectivity index (χ1n) is 10.8. The quantitative estimate of drug-likeness (QED) is 0.402. The summed E-state index contributed by atoms with van der Waals surface area (Å²) in [6.07, 6.45) is 9.52. The van der Waals surface area contributed by atoms with Crippen LogP contribution in [-0.2, 0) is 6.42 Å². The van der Waals surface area contributed by atoms with Gasteiger partial charge in [-0.3, -0.25) is 0 Å². The Morgan fingerprint density at radius 2 is 2.06 bits per heavy atom. The number of nitrogens with one attached hydrogen (secondary N) is 1. The highest BCUT2D eigenvalue weighted by molar-refractivity contribution is 5.96. The van der Waals surface area contributed by atoms with Crippen LogP contribution in [0.5, 0.6) is 0 Å². The topological polar surface area (TPSA) is 132 Å². The van der Waals surface area contributed by atoms with E-state index in [-0.39, 0.29) is 12.1 Å². The summed E-state index contributed by atoms with van der Waals surface area (Å²) in [5, 5.41) is 17.8. The van der Waals surface area contributed by atoms with Crippen LogP contribution in [0.15, 0.2) is 36.9 Å². The summed E-state index contributed by atoms with van der Waals surface area (Å²) in [7, 11) is 0. The second-order valence-electron chi connectivity index (χ2n) is 8.09. The van der Waals surface area contributed by atoms with Crippen molar-refractivity contribution in [2.24, 2.45) is 0 Å². The van der Waals surface area contributed by atoms with Crippen LogP contribution in [0.25, 0.3) is 32.8 Å². The monoisotopic (exact) mass is 441 g/mol. The van der Waals surface area contributed by atoms with Gasteiger partial charge in [-0.05, 0) is 31.7 Å². The maximum absolute atomic E-state index is 9.90. The number of aliphatic hydroxyl groups excluding tert-OH is 1. The number of nitrogens with two attached hydrogens (primary N) is 1. The molecule has 0 aromatic carbocycles. The third-order valence-electron chi connectivity index (χ3n) is 5.87. The van der Waals surface area contributed by atoms with E-state index in [1.807, 2.05) is 13.1 Å². The zero-order valence-corrected chi connectivity index (χ0v) is 18.1. The molecule has 4 N–H and O–H groups in total. The lowest BCUT2D eigenvalue weighted by molar-refractivity contribution is 0.182. The number of nitrogen functional groups attached to an aromatic ring is 1. The minimum absolute atomic E-state index is 0.159. The smallest absolute Gasteiger partial charge is 0.205 e. The van der Waals surface area contributed by atoms with Crippen molar-refractivity contribution < 1.29 is 5.11 Å². The van der Waals surface area contributed by atoms with E-state index < -0.39 is 0 Å². The van der Waals surface area contributed by atoms with E-state index in [2.05, 4.69) is 25.2 Å². The lowest BCUT2D eigenvalue weighted by atomic mass is 10.1. The largest absolute Gasteiger partial charge is 0.393 e. The van der Waals surface area contributed by atoms with Crippen molar-refractivity contribution in [3.8, 4) is 16.9 Å². The second-order valence-corrected chi connectivity index (χ2v) is 8.09. The van der Waals surface area contributed by atoms with Crippen LogP contribution in [0, 0.1) is 6.57 Å². The second kappa shape index (κ2) is 8.44. The maximum atomic E-state index is 9.90. The Kier molecular flexibility index (Phi) is 5.32. The summed E-state index contributed by atoms with van der Waals surface area (Å²) >= 11 is 0. The highest BCUT2D eigenvalue weighted by Crippen LogP contribution is 2.32. The summed E-state index contributed by atoms with van der Waals surface area (Å²) in [5.41, 5.74) is 10.2. The van der Waals surface area contributed by atoms with Gasteiger partial charge in [0.05, 0.1) is 24.6 Å². The van der Waals surface area contributed by atoms with E-state index in [0.717, 1.165) is 29.7 Å². The summed E-state index contributed by atoms with van der Waals surface area (Å²) in [6, 6.07) is 3.61. The third kappa shape index (κ3) is 3.94. The fourth-order valence-electron chi connectivity index (χ4n) is 4.12. The van der Waals surface area contributed by atoms with Crippen LogP contribution in [0.4, 0.5) is 17.3 Å². The summed E-state index contributed by atoms with van der Waals surface area (Å²) in [6.45, 7) is 9.09. The minimum atomic E-state index is -0.278. The van der Waals surface area contributed by atoms with E-state index in [4.69, 9.17) is 22.3 Å². The Labute approximate surface area is 190 Å². The highest BCUT2D eigenvalue weighted by Gasteiger charge is 2.24. The van der Waals surface area contributed by atoms with Crippen LogP contribution < -0.4 is 11.1 Å². The molecule has 4 aromatic rings. The molecule has 33 heavy (non-hydrogen) atoms. The van der Waals surface area contributed by atoms with E-state index >= 15 is 0 Å². The van der Waals surface area contributed by atoms with Gasteiger partial charge in [-0.2, -0.15) is 5.10 Å². The molecule has 0 aliphatic heterocycles. The number of anilines is 2. The Bertz CT molecular complexity index is 1360. The molecule has 0 radical (unpaired) electrons. The van der Waals surface area contributed by atoms with Crippen molar-refractivity contribution in [2.75, 3.05) is 11.1 Å². The van der Waals surface area contributed by atoms with E-state index in [0.29, 0.717) is 47.0 Å². The zero-order chi connectivity index (χ0) is 22.9. The maximum Gasteiger partial charge on any atom is 0.205 e. The van der Waals surface area contributed by atoms with Crippen molar-refractivity contribution in [1.29, 1.82) is 0 Å². The highest BCUT2D eigenvalue weighted by atomic mass is 16.3. The molecule has 0 saturated heterocycles. The first kappa shape index (κ1) is 20.8. The lowest BCUT2D eigenvalue weighted by Gasteiger charge is -2.17. The van der Waals surface area contributed by atoms with E-state index in [9.17, 15) is 5.11 Å². The first-order valence-corrected chi connectivity index (χ1v) is 10.8. The average molecular weight is 441 g/mol. The van der Waals surface area contributed by atoms with Gasteiger partial charge in [0.2, 0.25) is 5.69 Å². The van der Waals surface area contributed by atoms with Gasteiger partial charge in [-0.1, -0.05) is 13.0 Å². The van der Waals surface area contributed by atoms with Gasteiger partial charge in [0, 0.05) is 35.8 Å². The number of aryl methyl sites for hydroxylation is 1. The molecule has 1 saturated carbocycles. The number of hydrogen-bond acceptors (Lipinski definition) is 8. The van der Waals surface area contributed by atoms with Crippen molar-refractivity contribution >= 4 is 28.4 Å². The van der Waals surface area contributed by atoms with E-state index in [1.54, 1.807) is 29.2 Å². The van der Waals surface area contributed by atoms with Crippen LogP contribution in [0.1, 0.15) is 31.9 Å². The molecule has 0 unspecified atom stereocenters. The van der Waals surface area contributed by atoms with Crippen LogP contribution in [-0.4, -0.2) is 47.0 Å². The summed E-state index contributed by atoms with van der Waals surface area (Å²) in [5.74, 6) is 1.63. The predicted octanol–water partition coefficient (Wildman–Crippen LogP) is 3.29. The molecule has 10 heteroatoms. The van der Waals surface area contributed by atoms with Gasteiger partial charge in [-0.15, -0.1) is 0 Å². The molecule has 10 nitrogen and oxygen atoms in total. The molecule has 0 amide bonds. The zero-order valence-electron chi connectivity index (χ0n) is 18.1. The molecule has 4 heterocycles. The molecule has 166 valence electrons. The van der Waals surface area contributed by atoms with Crippen molar-refractivity contribution in [2.45, 2.75) is 44.8 Å². The molecule has 0 bridgehead atoms. The molecule has 1 aliphatic rings. The number of rotatable bonds is 5. The normalized spacial score (nSPS) is 17.8. The summed E-state index contributed by atoms with van der Waals surface area (Å²) in [4.78, 5) is 21.7. The van der Waals surface area contributed by atoms with Crippen LogP contribution in [0.2, 0.25) is 0 Å². The average Bonchev–Trinajstić information content (AvgIpc) is 3.48. The first-order chi connectivity index (χ1) is 16.1. The van der Waals surface area contributed by atoms with Crippen molar-refractivity contribution in [3.63, 3.8) is 0 Å². The van der Waals surface area contributed by atoms with Crippen LogP contribution >= 0.6 is 0 Å². The number of pyridine rings is 2. The molecule has 1 aliphatic carbocycles. The van der Waals surface area contributed by atoms with Gasteiger partial charge in [-0.25, -0.2) is 29.5 Å². The molecular formula is C23H23N9O. The Morgan fingerprint density at radius 3 is 2.76 bits per heavy atom. The number of aromatic nitrogens is 6. The van der Waals surface area contributed by atoms with Crippen molar-refractivity contribution in [3.05, 3.63) is 54.0 Å². The Hall–Kier alpha value is -4.10. The number of aliphatic hydroxyl groups is 1. The lowest BCUT2D eigenvalue weighted by Crippen LogP contribution is -2.19. The number of nitrogens with zero attached hydrogens (tertiary/aromatic N) is 7. The van der Waals surface area contributed by atoms with Crippen molar-refractivity contribution in [1.82, 2.24) is 29.7 Å². The van der Waals surface area contributed by atoms with Gasteiger partial charge in [0.15, 0.2) is 11.6 Å². The minimum Gasteiger partial charge on any atom is -0.393 e. The third-order valence-corrected chi connectivity index (χ3v) is 5.87. The summed E-state index contributed by atoms with van der Waals surface area (Å²) < 4.78 is 1.64. The Morgan fingerprint density at radius 1 is 1.18 bits per heavy atom. The molecule has 4 aromatic heterocycles. The standard InChI is InChI=1S/C23H23N9O/c1-3-18-23(29-14-4-6-16(33)8-14)31-20-17(11-27-22(24)21(20)30-18)13-9-28-32(12-13)19-7-5-15(25-2)10-26-19/h5,7,9-12,14,16,33H,3-4,6,8H2,1H3,(H2,24,27)(H,29,31)/t14-,16+/m1/s1. The SMILES string of the molecule is [C-]#[N+]c1ccc(-n2cc(-c3cnc(N)c4nc(CC)c(N[C@@H]5CC[C@H](O)C5)nc34)cn2)nc1. The fourth-order valence-corrected chi connectivity index (χ4v) is 4.12. The molecule has 5 rings (SSSR count). The number of fused-ring (bicyclic) bond motifs is 1. The van der Waals surface area contributed by atoms with Gasteiger partial charge >= 0.3 is 0 Å². The van der Waals surface area contributed by atoms with Gasteiger partial charge < -0.3 is 16.2 Å². The molecule has 2 atom stereocenters. The Balaban J connectivity index is 1.57. The number of hydrogen-bond donors (Lipinski definition) is 3. The fraction of sp³-hybridized carbons (Fsp3) is 0.304. The van der Waals surface area contributed by atoms with Gasteiger partial charge in [0.1, 0.15) is 16.9 Å². The van der Waals surface area contributed by atoms with Gasteiger partial charge in [0.25, 0.3) is 0 Å². The van der Waals surface area contributed by atoms with E-state index in [1.165, 1.54) is 6.20 Å². The predicted molar refractivity (Wildman–Crippen MR) is 125 cm³/mol. The molecule has 1 fully saturated rings.